The van der Waals surface area contributed by atoms with E-state index < -0.39 is 0 Å². The van der Waals surface area contributed by atoms with E-state index in [0.29, 0.717) is 0 Å². The molecule has 2 nitrogen and oxygen atoms in total. The third kappa shape index (κ3) is 0.842. The van der Waals surface area contributed by atoms with E-state index in [2.05, 4.69) is 4.89 Å². The molecule has 0 amide bonds. The highest BCUT2D eigenvalue weighted by molar-refractivity contribution is 5.10. The van der Waals surface area contributed by atoms with E-state index in [1.165, 1.54) is 5.57 Å². The van der Waals surface area contributed by atoms with Crippen LogP contribution in [-0.2, 0) is 4.89 Å². The van der Waals surface area contributed by atoms with E-state index in [-0.39, 0.29) is 0 Å². The molecule has 0 aromatic carbocycles. The van der Waals surface area contributed by atoms with E-state index in [1.54, 1.807) is 0 Å². The van der Waals surface area contributed by atoms with Crippen LogP contribution in [0, 0.1) is 0 Å². The van der Waals surface area contributed by atoms with Crippen LogP contribution in [0.5, 0.6) is 0 Å². The summed E-state index contributed by atoms with van der Waals surface area (Å²) in [6.45, 7) is 1.98. The van der Waals surface area contributed by atoms with Crippen LogP contribution in [0.4, 0.5) is 0 Å². The fraction of sp³-hybridized carbons (Fsp3) is 0.667. The van der Waals surface area contributed by atoms with Crippen LogP contribution in [0.25, 0.3) is 0 Å². The van der Waals surface area contributed by atoms with Gasteiger partial charge < -0.3 is 4.89 Å². The molecule has 0 spiro atoms. The Kier molecular flexibility index (Phi) is 1.53. The lowest BCUT2D eigenvalue weighted by molar-refractivity contribution is -0.205. The monoisotopic (exact) mass is 114 g/mol. The second-order valence-electron chi connectivity index (χ2n) is 2.15. The normalized spacial score (nSPS) is 19.8. The Morgan fingerprint density at radius 2 is 2.25 bits per heavy atom. The largest absolute Gasteiger partial charge is 0.345 e. The Balaban J connectivity index is 2.58. The second kappa shape index (κ2) is 2.18. The lowest BCUT2D eigenvalue weighted by Gasteiger charge is -1.94. The van der Waals surface area contributed by atoms with Crippen molar-refractivity contribution in [2.24, 2.45) is 0 Å². The van der Waals surface area contributed by atoms with Crippen molar-refractivity contribution < 1.29 is 10.1 Å². The van der Waals surface area contributed by atoms with E-state index in [9.17, 15) is 0 Å². The quantitative estimate of drug-likeness (QED) is 0.417. The minimum Gasteiger partial charge on any atom is -0.345 e. The zero-order valence-electron chi connectivity index (χ0n) is 4.98. The predicted octanol–water partition coefficient (Wildman–Crippen LogP) is 1.93. The molecular formula is C6H10O2. The molecule has 0 bridgehead atoms. The van der Waals surface area contributed by atoms with Crippen molar-refractivity contribution in [2.45, 2.75) is 26.2 Å². The average molecular weight is 114 g/mol. The van der Waals surface area contributed by atoms with Crippen molar-refractivity contribution in [2.75, 3.05) is 0 Å². The van der Waals surface area contributed by atoms with Gasteiger partial charge in [-0.25, -0.2) is 5.26 Å². The maximum atomic E-state index is 8.18. The number of hydrogen-bond donors (Lipinski definition) is 1. The Morgan fingerprint density at radius 3 is 2.50 bits per heavy atom. The minimum atomic E-state index is 0.769. The Morgan fingerprint density at radius 1 is 1.50 bits per heavy atom. The zero-order valence-corrected chi connectivity index (χ0v) is 4.98. The van der Waals surface area contributed by atoms with Crippen LogP contribution in [-0.4, -0.2) is 5.26 Å². The van der Waals surface area contributed by atoms with Gasteiger partial charge in [-0.15, -0.1) is 0 Å². The molecule has 0 saturated heterocycles. The zero-order chi connectivity index (χ0) is 5.98. The number of hydrogen-bond acceptors (Lipinski definition) is 2. The Bertz CT molecular complexity index is 116. The summed E-state index contributed by atoms with van der Waals surface area (Å²) in [6.07, 6.45) is 3.11. The van der Waals surface area contributed by atoms with Gasteiger partial charge in [0.2, 0.25) is 0 Å². The third-order valence-electron chi connectivity index (χ3n) is 1.54. The molecule has 0 aliphatic heterocycles. The highest BCUT2D eigenvalue weighted by Gasteiger charge is 2.10. The lowest BCUT2D eigenvalue weighted by atomic mass is 10.3. The van der Waals surface area contributed by atoms with Gasteiger partial charge in [0.1, 0.15) is 5.76 Å². The maximum Gasteiger partial charge on any atom is 0.141 e. The van der Waals surface area contributed by atoms with Crippen molar-refractivity contribution in [1.29, 1.82) is 0 Å². The molecule has 0 atom stereocenters. The molecule has 0 unspecified atom stereocenters. The molecule has 0 fully saturated rings. The molecule has 1 aliphatic carbocycles. The average Bonchev–Trinajstić information content (AvgIpc) is 2.14. The molecule has 0 heterocycles. The molecular weight excluding hydrogens is 104 g/mol. The van der Waals surface area contributed by atoms with Crippen molar-refractivity contribution in [3.8, 4) is 0 Å². The fourth-order valence-electron chi connectivity index (χ4n) is 0.990. The minimum absolute atomic E-state index is 0.769. The molecule has 1 N–H and O–H groups in total. The van der Waals surface area contributed by atoms with Gasteiger partial charge in [-0.05, 0) is 25.3 Å². The highest BCUT2D eigenvalue weighted by Crippen LogP contribution is 2.24. The van der Waals surface area contributed by atoms with Gasteiger partial charge in [-0.1, -0.05) is 0 Å². The fourth-order valence-corrected chi connectivity index (χ4v) is 0.990. The summed E-state index contributed by atoms with van der Waals surface area (Å²) in [4.78, 5) is 4.10. The molecule has 1 rings (SSSR count). The molecule has 8 heavy (non-hydrogen) atoms. The van der Waals surface area contributed by atoms with Crippen molar-refractivity contribution in [3.63, 3.8) is 0 Å². The second-order valence-corrected chi connectivity index (χ2v) is 2.15. The lowest BCUT2D eigenvalue weighted by Crippen LogP contribution is -1.82. The van der Waals surface area contributed by atoms with Gasteiger partial charge in [0, 0.05) is 6.42 Å². The first kappa shape index (κ1) is 5.63. The first-order valence-corrected chi connectivity index (χ1v) is 2.84. The van der Waals surface area contributed by atoms with Crippen LogP contribution in [0.1, 0.15) is 26.2 Å². The summed E-state index contributed by atoms with van der Waals surface area (Å²) in [5.74, 6) is 0.769. The van der Waals surface area contributed by atoms with Gasteiger partial charge in [-0.2, -0.15) is 0 Å². The first-order valence-electron chi connectivity index (χ1n) is 2.84. The van der Waals surface area contributed by atoms with Crippen LogP contribution < -0.4 is 0 Å². The SMILES string of the molecule is CC1=C(OO)CCC1. The summed E-state index contributed by atoms with van der Waals surface area (Å²) in [5, 5.41) is 8.18. The standard InChI is InChI=1S/C6H10O2/c1-5-3-2-4-6(5)8-7/h7H,2-4H2,1H3. The maximum absolute atomic E-state index is 8.18. The summed E-state index contributed by atoms with van der Waals surface area (Å²) in [5.41, 5.74) is 1.19. The molecule has 0 aromatic heterocycles. The Hall–Kier alpha value is -0.500. The van der Waals surface area contributed by atoms with Gasteiger partial charge in [0.25, 0.3) is 0 Å². The van der Waals surface area contributed by atoms with Crippen LogP contribution in [0.2, 0.25) is 0 Å². The summed E-state index contributed by atoms with van der Waals surface area (Å²) in [7, 11) is 0. The topological polar surface area (TPSA) is 29.5 Å². The van der Waals surface area contributed by atoms with Crippen LogP contribution in [0.15, 0.2) is 11.3 Å². The summed E-state index contributed by atoms with van der Waals surface area (Å²) >= 11 is 0. The number of allylic oxidation sites excluding steroid dienone is 2. The summed E-state index contributed by atoms with van der Waals surface area (Å²) < 4.78 is 0. The van der Waals surface area contributed by atoms with Crippen molar-refractivity contribution in [1.82, 2.24) is 0 Å². The third-order valence-corrected chi connectivity index (χ3v) is 1.54. The van der Waals surface area contributed by atoms with Crippen molar-refractivity contribution in [3.05, 3.63) is 11.3 Å². The smallest absolute Gasteiger partial charge is 0.141 e. The van der Waals surface area contributed by atoms with Gasteiger partial charge in [0.15, 0.2) is 0 Å². The number of rotatable bonds is 1. The summed E-state index contributed by atoms with van der Waals surface area (Å²) in [6, 6.07) is 0. The van der Waals surface area contributed by atoms with Gasteiger partial charge in [0.05, 0.1) is 0 Å². The van der Waals surface area contributed by atoms with Crippen LogP contribution >= 0.6 is 0 Å². The molecule has 0 radical (unpaired) electrons. The molecule has 2 heteroatoms. The van der Waals surface area contributed by atoms with E-state index in [4.69, 9.17) is 5.26 Å². The van der Waals surface area contributed by atoms with E-state index in [1.807, 2.05) is 6.92 Å². The van der Waals surface area contributed by atoms with E-state index >= 15 is 0 Å². The molecule has 0 aromatic rings. The predicted molar refractivity (Wildman–Crippen MR) is 30.3 cm³/mol. The van der Waals surface area contributed by atoms with Gasteiger partial charge >= 0.3 is 0 Å². The molecule has 1 aliphatic rings. The first-order chi connectivity index (χ1) is 3.84. The molecule has 46 valence electrons. The van der Waals surface area contributed by atoms with Gasteiger partial charge in [-0.3, -0.25) is 0 Å². The highest BCUT2D eigenvalue weighted by atomic mass is 17.1. The molecule has 0 saturated carbocycles. The van der Waals surface area contributed by atoms with Crippen molar-refractivity contribution >= 4 is 0 Å². The Labute approximate surface area is 48.7 Å². The van der Waals surface area contributed by atoms with E-state index in [0.717, 1.165) is 25.0 Å². The van der Waals surface area contributed by atoms with Crippen LogP contribution in [0.3, 0.4) is 0 Å².